The van der Waals surface area contributed by atoms with Crippen molar-refractivity contribution in [1.29, 1.82) is 0 Å². The number of aliphatic imine (C=N–C) groups is 1. The number of rotatable bonds is 7. The zero-order valence-electron chi connectivity index (χ0n) is 16.1. The Bertz CT molecular complexity index is 885. The maximum absolute atomic E-state index is 11.5. The highest BCUT2D eigenvalue weighted by Crippen LogP contribution is 2.47. The highest BCUT2D eigenvalue weighted by molar-refractivity contribution is 7.19. The summed E-state index contributed by atoms with van der Waals surface area (Å²) in [5.41, 5.74) is 7.91. The number of carbonyl (C=O) groups excluding carboxylic acids is 1. The van der Waals surface area contributed by atoms with Crippen LogP contribution in [0.15, 0.2) is 11.3 Å². The minimum Gasteiger partial charge on any atom is -0.474 e. The van der Waals surface area contributed by atoms with Gasteiger partial charge in [0.05, 0.1) is 18.5 Å². The Morgan fingerprint density at radius 3 is 2.86 bits per heavy atom. The first-order chi connectivity index (χ1) is 13.7. The summed E-state index contributed by atoms with van der Waals surface area (Å²) in [7, 11) is 1.70. The van der Waals surface area contributed by atoms with Crippen LogP contribution < -0.4 is 10.5 Å². The Hall–Kier alpha value is -2.06. The molecule has 2 aliphatic rings. The standard InChI is InChI=1S/C20H26N4O3S/c1-26-9-8-22-13-3-5-14(6-4-13)27-19-18-17-12(10-16(21)25)2-7-15(17)28-20(18)24-11-23-19/h11-12,14H,2-10H2,1H3,(H2,21,25). The van der Waals surface area contributed by atoms with Gasteiger partial charge in [-0.1, -0.05) is 0 Å². The van der Waals surface area contributed by atoms with Crippen LogP contribution in [0.1, 0.15) is 54.9 Å². The number of hydrogen-bond donors (Lipinski definition) is 1. The van der Waals surface area contributed by atoms with Crippen LogP contribution in [-0.4, -0.2) is 48.0 Å². The summed E-state index contributed by atoms with van der Waals surface area (Å²) in [6, 6.07) is 0. The Morgan fingerprint density at radius 1 is 1.29 bits per heavy atom. The molecule has 1 atom stereocenters. The number of primary amides is 1. The predicted molar refractivity (Wildman–Crippen MR) is 109 cm³/mol. The third-order valence-corrected chi connectivity index (χ3v) is 6.74. The summed E-state index contributed by atoms with van der Waals surface area (Å²) in [5, 5.41) is 0.991. The van der Waals surface area contributed by atoms with Crippen molar-refractivity contribution in [2.24, 2.45) is 10.7 Å². The van der Waals surface area contributed by atoms with Crippen molar-refractivity contribution in [3.05, 3.63) is 16.8 Å². The molecule has 2 aromatic rings. The molecule has 7 nitrogen and oxygen atoms in total. The van der Waals surface area contributed by atoms with Crippen molar-refractivity contribution in [1.82, 2.24) is 9.97 Å². The van der Waals surface area contributed by atoms with E-state index in [0.717, 1.165) is 55.3 Å². The molecular formula is C20H26N4O3S. The molecule has 2 N–H and O–H groups in total. The number of amides is 1. The fourth-order valence-electron chi connectivity index (χ4n) is 4.23. The highest BCUT2D eigenvalue weighted by Gasteiger charge is 2.31. The van der Waals surface area contributed by atoms with Gasteiger partial charge in [-0.25, -0.2) is 9.97 Å². The van der Waals surface area contributed by atoms with E-state index in [1.54, 1.807) is 24.8 Å². The van der Waals surface area contributed by atoms with E-state index in [1.807, 2.05) is 0 Å². The van der Waals surface area contributed by atoms with Gasteiger partial charge in [0.1, 0.15) is 17.3 Å². The number of ether oxygens (including phenoxy) is 2. The van der Waals surface area contributed by atoms with E-state index < -0.39 is 0 Å². The summed E-state index contributed by atoms with van der Waals surface area (Å²) < 4.78 is 11.4. The van der Waals surface area contributed by atoms with Gasteiger partial charge in [0.15, 0.2) is 0 Å². The number of methoxy groups -OCH3 is 1. The minimum atomic E-state index is -0.260. The molecule has 0 aliphatic heterocycles. The van der Waals surface area contributed by atoms with Crippen LogP contribution >= 0.6 is 11.3 Å². The van der Waals surface area contributed by atoms with Crippen molar-refractivity contribution < 1.29 is 14.3 Å². The molecule has 8 heteroatoms. The second kappa shape index (κ2) is 8.53. The zero-order chi connectivity index (χ0) is 19.5. The number of hydrogen-bond acceptors (Lipinski definition) is 7. The lowest BCUT2D eigenvalue weighted by Crippen LogP contribution is -2.25. The summed E-state index contributed by atoms with van der Waals surface area (Å²) in [6.07, 6.45) is 7.79. The zero-order valence-corrected chi connectivity index (χ0v) is 17.0. The van der Waals surface area contributed by atoms with E-state index in [0.29, 0.717) is 18.9 Å². The molecule has 0 spiro atoms. The van der Waals surface area contributed by atoms with E-state index in [1.165, 1.54) is 16.2 Å². The molecule has 1 amide bonds. The van der Waals surface area contributed by atoms with E-state index >= 15 is 0 Å². The normalized spacial score (nSPS) is 21.7. The van der Waals surface area contributed by atoms with Crippen LogP contribution in [0.2, 0.25) is 0 Å². The van der Waals surface area contributed by atoms with Crippen LogP contribution in [0.25, 0.3) is 10.2 Å². The highest BCUT2D eigenvalue weighted by atomic mass is 32.1. The third-order valence-electron chi connectivity index (χ3n) is 5.56. The van der Waals surface area contributed by atoms with Crippen molar-refractivity contribution >= 4 is 33.2 Å². The van der Waals surface area contributed by atoms with Crippen molar-refractivity contribution in [3.63, 3.8) is 0 Å². The summed E-state index contributed by atoms with van der Waals surface area (Å²) in [6.45, 7) is 1.39. The maximum Gasteiger partial charge on any atom is 0.225 e. The number of carbonyl (C=O) groups is 1. The number of nitrogens with zero attached hydrogens (tertiary/aromatic N) is 3. The van der Waals surface area contributed by atoms with Gasteiger partial charge in [-0.3, -0.25) is 9.79 Å². The minimum absolute atomic E-state index is 0.131. The molecule has 4 rings (SSSR count). The number of aromatic nitrogens is 2. The Balaban J connectivity index is 1.51. The molecule has 0 radical (unpaired) electrons. The van der Waals surface area contributed by atoms with Crippen molar-refractivity contribution in [3.8, 4) is 5.88 Å². The first-order valence-electron chi connectivity index (χ1n) is 9.88. The van der Waals surface area contributed by atoms with Crippen molar-refractivity contribution in [2.75, 3.05) is 20.3 Å². The second-order valence-electron chi connectivity index (χ2n) is 7.46. The molecule has 150 valence electrons. The molecule has 28 heavy (non-hydrogen) atoms. The molecule has 1 saturated carbocycles. The van der Waals surface area contributed by atoms with E-state index in [-0.39, 0.29) is 17.9 Å². The topological polar surface area (TPSA) is 99.7 Å². The third kappa shape index (κ3) is 4.03. The first-order valence-corrected chi connectivity index (χ1v) is 10.7. The number of fused-ring (bicyclic) bond motifs is 3. The van der Waals surface area contributed by atoms with Gasteiger partial charge in [-0.05, 0) is 50.0 Å². The molecule has 2 aromatic heterocycles. The average Bonchev–Trinajstić information content (AvgIpc) is 3.23. The summed E-state index contributed by atoms with van der Waals surface area (Å²) >= 11 is 1.69. The van der Waals surface area contributed by atoms with Crippen LogP contribution in [-0.2, 0) is 16.0 Å². The van der Waals surface area contributed by atoms with Crippen LogP contribution in [0, 0.1) is 0 Å². The van der Waals surface area contributed by atoms with E-state index in [2.05, 4.69) is 15.0 Å². The van der Waals surface area contributed by atoms with Gasteiger partial charge in [-0.15, -0.1) is 11.3 Å². The molecular weight excluding hydrogens is 376 g/mol. The lowest BCUT2D eigenvalue weighted by atomic mass is 9.95. The maximum atomic E-state index is 11.5. The van der Waals surface area contributed by atoms with Gasteiger partial charge in [0.25, 0.3) is 0 Å². The van der Waals surface area contributed by atoms with Gasteiger partial charge < -0.3 is 15.2 Å². The quantitative estimate of drug-likeness (QED) is 0.718. The SMILES string of the molecule is COCCN=C1CCC(Oc2ncnc3sc4c(c23)C(CC(N)=O)CC4)CC1. The number of thiophene rings is 1. The van der Waals surface area contributed by atoms with Crippen LogP contribution in [0.5, 0.6) is 5.88 Å². The average molecular weight is 403 g/mol. The monoisotopic (exact) mass is 402 g/mol. The first kappa shape index (κ1) is 19.3. The number of nitrogens with two attached hydrogens (primary N) is 1. The Labute approximate surface area is 168 Å². The van der Waals surface area contributed by atoms with Gasteiger partial charge in [-0.2, -0.15) is 0 Å². The molecule has 2 aliphatic carbocycles. The summed E-state index contributed by atoms with van der Waals surface area (Å²) in [5.74, 6) is 0.549. The molecule has 0 bridgehead atoms. The predicted octanol–water partition coefficient (Wildman–Crippen LogP) is 3.01. The Kier molecular flexibility index (Phi) is 5.87. The fraction of sp³-hybridized carbons (Fsp3) is 0.600. The largest absolute Gasteiger partial charge is 0.474 e. The van der Waals surface area contributed by atoms with Gasteiger partial charge in [0.2, 0.25) is 11.8 Å². The smallest absolute Gasteiger partial charge is 0.225 e. The van der Waals surface area contributed by atoms with Crippen LogP contribution in [0.3, 0.4) is 0 Å². The lowest BCUT2D eigenvalue weighted by molar-refractivity contribution is -0.118. The van der Waals surface area contributed by atoms with Gasteiger partial charge >= 0.3 is 0 Å². The fourth-order valence-corrected chi connectivity index (χ4v) is 5.46. The molecule has 1 fully saturated rings. The molecule has 1 unspecified atom stereocenters. The Morgan fingerprint density at radius 2 is 2.11 bits per heavy atom. The molecule has 0 aromatic carbocycles. The van der Waals surface area contributed by atoms with Crippen LogP contribution in [0.4, 0.5) is 0 Å². The molecule has 0 saturated heterocycles. The van der Waals surface area contributed by atoms with E-state index in [9.17, 15) is 4.79 Å². The molecule has 2 heterocycles. The van der Waals surface area contributed by atoms with Gasteiger partial charge in [0, 0.05) is 24.1 Å². The number of aryl methyl sites for hydroxylation is 1. The van der Waals surface area contributed by atoms with E-state index in [4.69, 9.17) is 15.2 Å². The van der Waals surface area contributed by atoms with Crippen molar-refractivity contribution in [2.45, 2.75) is 57.0 Å². The second-order valence-corrected chi connectivity index (χ2v) is 8.55. The lowest BCUT2D eigenvalue weighted by Gasteiger charge is -2.24. The summed E-state index contributed by atoms with van der Waals surface area (Å²) in [4.78, 5) is 27.2.